The predicted molar refractivity (Wildman–Crippen MR) is 41.9 cm³/mol. The molecule has 1 heterocycles. The lowest BCUT2D eigenvalue weighted by Crippen LogP contribution is -1.91. The molecule has 0 N–H and O–H groups in total. The zero-order valence-corrected chi connectivity index (χ0v) is 6.73. The first-order valence-electron chi connectivity index (χ1n) is 3.59. The standard InChI is InChI=1S/C9H12N/c1-4-9-8(3)5-7(2)6-10-9/h5H,4H2,1-3H3. The highest BCUT2D eigenvalue weighted by Gasteiger charge is 1.95. The number of aromatic nitrogens is 1. The Hall–Kier alpha value is -0.850. The molecule has 1 nitrogen and oxygen atoms in total. The van der Waals surface area contributed by atoms with E-state index in [-0.39, 0.29) is 0 Å². The van der Waals surface area contributed by atoms with Gasteiger partial charge in [-0.2, -0.15) is 0 Å². The molecule has 0 aliphatic rings. The molecule has 1 heteroatoms. The van der Waals surface area contributed by atoms with Gasteiger partial charge in [0.1, 0.15) is 0 Å². The van der Waals surface area contributed by atoms with Gasteiger partial charge in [-0.15, -0.1) is 0 Å². The van der Waals surface area contributed by atoms with Gasteiger partial charge in [0, 0.05) is 5.69 Å². The van der Waals surface area contributed by atoms with Gasteiger partial charge in [0.2, 0.25) is 0 Å². The summed E-state index contributed by atoms with van der Waals surface area (Å²) in [6, 6.07) is 2.12. The molecule has 0 aliphatic heterocycles. The van der Waals surface area contributed by atoms with Crippen LogP contribution in [0.2, 0.25) is 0 Å². The van der Waals surface area contributed by atoms with Gasteiger partial charge in [-0.05, 0) is 31.4 Å². The fourth-order valence-electron chi connectivity index (χ4n) is 1.04. The summed E-state index contributed by atoms with van der Waals surface area (Å²) in [5, 5.41) is 0. The van der Waals surface area contributed by atoms with Gasteiger partial charge in [0.25, 0.3) is 0 Å². The van der Waals surface area contributed by atoms with E-state index in [0.717, 1.165) is 17.7 Å². The van der Waals surface area contributed by atoms with Crippen LogP contribution < -0.4 is 0 Å². The van der Waals surface area contributed by atoms with E-state index < -0.39 is 0 Å². The van der Waals surface area contributed by atoms with Crippen molar-refractivity contribution in [2.75, 3.05) is 0 Å². The molecule has 0 aromatic carbocycles. The molecule has 10 heavy (non-hydrogen) atoms. The van der Waals surface area contributed by atoms with E-state index in [2.05, 4.69) is 31.1 Å². The number of hydrogen-bond donors (Lipinski definition) is 0. The maximum absolute atomic E-state index is 4.17. The first-order valence-corrected chi connectivity index (χ1v) is 3.59. The monoisotopic (exact) mass is 134 g/mol. The summed E-state index contributed by atoms with van der Waals surface area (Å²) in [7, 11) is 0. The normalized spacial score (nSPS) is 9.90. The van der Waals surface area contributed by atoms with Crippen molar-refractivity contribution in [2.24, 2.45) is 0 Å². The van der Waals surface area contributed by atoms with E-state index in [9.17, 15) is 0 Å². The largest absolute Gasteiger partial charge is 0.251 e. The van der Waals surface area contributed by atoms with E-state index in [1.54, 1.807) is 0 Å². The molecule has 1 rings (SSSR count). The van der Waals surface area contributed by atoms with Gasteiger partial charge in [-0.3, -0.25) is 4.98 Å². The van der Waals surface area contributed by atoms with Gasteiger partial charge in [-0.1, -0.05) is 13.0 Å². The first-order chi connectivity index (χ1) is 4.74. The van der Waals surface area contributed by atoms with Crippen LogP contribution >= 0.6 is 0 Å². The second-order valence-corrected chi connectivity index (χ2v) is 2.53. The molecule has 1 radical (unpaired) electrons. The molecule has 0 saturated heterocycles. The molecule has 0 atom stereocenters. The molecule has 0 amide bonds. The number of aryl methyl sites for hydroxylation is 3. The average Bonchev–Trinajstić information content (AvgIpc) is 1.88. The van der Waals surface area contributed by atoms with Crippen LogP contribution in [-0.4, -0.2) is 4.98 Å². The minimum atomic E-state index is 1.00. The average molecular weight is 134 g/mol. The number of hydrogen-bond acceptors (Lipinski definition) is 1. The van der Waals surface area contributed by atoms with E-state index >= 15 is 0 Å². The molecular weight excluding hydrogens is 122 g/mol. The number of nitrogens with zero attached hydrogens (tertiary/aromatic N) is 1. The first kappa shape index (κ1) is 7.26. The van der Waals surface area contributed by atoms with Crippen molar-refractivity contribution < 1.29 is 0 Å². The molecule has 0 fully saturated rings. The molecule has 0 aliphatic carbocycles. The Labute approximate surface area is 62.1 Å². The van der Waals surface area contributed by atoms with Crippen molar-refractivity contribution in [3.05, 3.63) is 29.1 Å². The Bertz CT molecular complexity index is 228. The van der Waals surface area contributed by atoms with Crippen molar-refractivity contribution >= 4 is 0 Å². The lowest BCUT2D eigenvalue weighted by Gasteiger charge is -2.00. The Morgan fingerprint density at radius 3 is 2.70 bits per heavy atom. The molecule has 53 valence electrons. The Morgan fingerprint density at radius 1 is 1.50 bits per heavy atom. The smallest absolute Gasteiger partial charge is 0.0921 e. The second-order valence-electron chi connectivity index (χ2n) is 2.53. The molecule has 0 unspecified atom stereocenters. The zero-order chi connectivity index (χ0) is 7.56. The van der Waals surface area contributed by atoms with E-state index in [1.165, 1.54) is 5.56 Å². The number of rotatable bonds is 1. The van der Waals surface area contributed by atoms with Crippen LogP contribution in [0.15, 0.2) is 6.07 Å². The molecule has 0 saturated carbocycles. The predicted octanol–water partition coefficient (Wildman–Crippen LogP) is 2.06. The van der Waals surface area contributed by atoms with Gasteiger partial charge in [0.15, 0.2) is 0 Å². The molecule has 1 aromatic rings. The van der Waals surface area contributed by atoms with E-state index in [0.29, 0.717) is 0 Å². The lowest BCUT2D eigenvalue weighted by molar-refractivity contribution is 0.994. The van der Waals surface area contributed by atoms with Crippen molar-refractivity contribution in [3.8, 4) is 0 Å². The van der Waals surface area contributed by atoms with E-state index in [1.807, 2.05) is 6.92 Å². The summed E-state index contributed by atoms with van der Waals surface area (Å²) in [4.78, 5) is 4.17. The summed E-state index contributed by atoms with van der Waals surface area (Å²) in [6.45, 7) is 6.21. The van der Waals surface area contributed by atoms with Crippen LogP contribution in [0.3, 0.4) is 0 Å². The Morgan fingerprint density at radius 2 is 2.20 bits per heavy atom. The second kappa shape index (κ2) is 2.82. The van der Waals surface area contributed by atoms with E-state index in [4.69, 9.17) is 0 Å². The van der Waals surface area contributed by atoms with Crippen LogP contribution in [0.5, 0.6) is 0 Å². The molecule has 1 aromatic heterocycles. The Kier molecular flexibility index (Phi) is 2.05. The summed E-state index contributed by atoms with van der Waals surface area (Å²) in [5.74, 6) is 0. The van der Waals surface area contributed by atoms with Crippen LogP contribution in [0.1, 0.15) is 23.7 Å². The zero-order valence-electron chi connectivity index (χ0n) is 6.73. The summed E-state index contributed by atoms with van der Waals surface area (Å²) in [5.41, 5.74) is 3.55. The maximum atomic E-state index is 4.17. The van der Waals surface area contributed by atoms with Gasteiger partial charge in [0.05, 0.1) is 6.20 Å². The summed E-state index contributed by atoms with van der Waals surface area (Å²) in [6.07, 6.45) is 3.94. The summed E-state index contributed by atoms with van der Waals surface area (Å²) < 4.78 is 0. The molecule has 0 spiro atoms. The van der Waals surface area contributed by atoms with Crippen molar-refractivity contribution in [3.63, 3.8) is 0 Å². The fourth-order valence-corrected chi connectivity index (χ4v) is 1.04. The third kappa shape index (κ3) is 1.35. The fraction of sp³-hybridized carbons (Fsp3) is 0.444. The quantitative estimate of drug-likeness (QED) is 0.573. The SMILES string of the molecule is CCc1n[c]c(C)cc1C. The third-order valence-electron chi connectivity index (χ3n) is 1.59. The highest BCUT2D eigenvalue weighted by Crippen LogP contribution is 2.05. The third-order valence-corrected chi connectivity index (χ3v) is 1.59. The van der Waals surface area contributed by atoms with Crippen molar-refractivity contribution in [2.45, 2.75) is 27.2 Å². The Balaban J connectivity index is 3.07. The van der Waals surface area contributed by atoms with Crippen molar-refractivity contribution in [1.29, 1.82) is 0 Å². The van der Waals surface area contributed by atoms with Crippen LogP contribution in [0.4, 0.5) is 0 Å². The van der Waals surface area contributed by atoms with Gasteiger partial charge in [-0.25, -0.2) is 0 Å². The van der Waals surface area contributed by atoms with Gasteiger partial charge < -0.3 is 0 Å². The highest BCUT2D eigenvalue weighted by molar-refractivity contribution is 5.22. The lowest BCUT2D eigenvalue weighted by atomic mass is 10.1. The topological polar surface area (TPSA) is 12.9 Å². The van der Waals surface area contributed by atoms with Gasteiger partial charge >= 0.3 is 0 Å². The van der Waals surface area contributed by atoms with Crippen LogP contribution in [0.25, 0.3) is 0 Å². The maximum Gasteiger partial charge on any atom is 0.0921 e. The molecular formula is C9H12N. The summed E-state index contributed by atoms with van der Waals surface area (Å²) >= 11 is 0. The van der Waals surface area contributed by atoms with Crippen LogP contribution in [0, 0.1) is 20.0 Å². The minimum absolute atomic E-state index is 1.00. The minimum Gasteiger partial charge on any atom is -0.251 e. The van der Waals surface area contributed by atoms with Crippen molar-refractivity contribution in [1.82, 2.24) is 4.98 Å². The molecule has 0 bridgehead atoms. The number of pyridine rings is 1. The van der Waals surface area contributed by atoms with Crippen LogP contribution in [-0.2, 0) is 6.42 Å². The highest BCUT2D eigenvalue weighted by atomic mass is 14.7.